The molecule has 1 aromatic carbocycles. The van der Waals surface area contributed by atoms with E-state index in [1.165, 1.54) is 22.4 Å². The van der Waals surface area contributed by atoms with Gasteiger partial charge in [0.1, 0.15) is 0 Å². The fourth-order valence-corrected chi connectivity index (χ4v) is 3.49. The van der Waals surface area contributed by atoms with Gasteiger partial charge in [-0.1, -0.05) is 0 Å². The monoisotopic (exact) mass is 360 g/mol. The second-order valence-corrected chi connectivity index (χ2v) is 6.42. The molecule has 6 heteroatoms. The van der Waals surface area contributed by atoms with Crippen LogP contribution in [0.15, 0.2) is 24.3 Å². The molecule has 0 saturated carbocycles. The SMILES string of the molecule is COCCc1nc2c([AsH2])nc3ccccc3c2n1CCCN. The van der Waals surface area contributed by atoms with Crippen molar-refractivity contribution in [1.29, 1.82) is 0 Å². The van der Waals surface area contributed by atoms with Gasteiger partial charge in [-0.25, -0.2) is 0 Å². The Morgan fingerprint density at radius 1 is 1.27 bits per heavy atom. The summed E-state index contributed by atoms with van der Waals surface area (Å²) in [5.74, 6) is 1.06. The van der Waals surface area contributed by atoms with Crippen molar-refractivity contribution < 1.29 is 4.74 Å². The molecule has 0 spiro atoms. The van der Waals surface area contributed by atoms with Gasteiger partial charge in [0.05, 0.1) is 0 Å². The number of benzene rings is 1. The van der Waals surface area contributed by atoms with E-state index in [9.17, 15) is 0 Å². The molecular weight excluding hydrogens is 339 g/mol. The summed E-state index contributed by atoms with van der Waals surface area (Å²) >= 11 is 1.51. The molecule has 0 aliphatic rings. The molecule has 0 fully saturated rings. The first kappa shape index (κ1) is 15.5. The molecule has 0 amide bonds. The van der Waals surface area contributed by atoms with Crippen LogP contribution in [0.5, 0.6) is 0 Å². The number of imidazole rings is 1. The third kappa shape index (κ3) is 2.76. The van der Waals surface area contributed by atoms with Gasteiger partial charge in [-0.05, 0) is 0 Å². The minimum atomic E-state index is 0.668. The van der Waals surface area contributed by atoms with Crippen LogP contribution in [-0.2, 0) is 17.7 Å². The zero-order chi connectivity index (χ0) is 15.5. The average molecular weight is 360 g/mol. The van der Waals surface area contributed by atoms with E-state index < -0.39 is 0 Å². The standard InChI is InChI=1S/C16H21AsN4O/c1-22-10-7-13-20-14-15(21(13)9-4-8-18)11-5-2-3-6-12(11)19-16(14)17/h2-3,5-6H,4,7-10,17-18H2,1H3. The van der Waals surface area contributed by atoms with Crippen molar-refractivity contribution in [2.24, 2.45) is 5.73 Å². The number of nitrogens with two attached hydrogens (primary N) is 1. The van der Waals surface area contributed by atoms with Gasteiger partial charge in [-0.2, -0.15) is 0 Å². The molecule has 3 rings (SSSR count). The number of methoxy groups -OCH3 is 1. The second kappa shape index (κ2) is 6.78. The summed E-state index contributed by atoms with van der Waals surface area (Å²) < 4.78 is 8.56. The van der Waals surface area contributed by atoms with E-state index in [4.69, 9.17) is 20.4 Å². The first-order valence-corrected chi connectivity index (χ1v) is 8.69. The van der Waals surface area contributed by atoms with E-state index in [1.807, 2.05) is 6.07 Å². The fourth-order valence-electron chi connectivity index (χ4n) is 2.78. The maximum atomic E-state index is 5.71. The molecule has 116 valence electrons. The van der Waals surface area contributed by atoms with Crippen LogP contribution in [0, 0.1) is 0 Å². The van der Waals surface area contributed by atoms with Gasteiger partial charge in [0.25, 0.3) is 0 Å². The van der Waals surface area contributed by atoms with Crippen molar-refractivity contribution in [2.45, 2.75) is 19.4 Å². The van der Waals surface area contributed by atoms with Crippen LogP contribution in [0.25, 0.3) is 21.9 Å². The van der Waals surface area contributed by atoms with Crippen LogP contribution in [0.4, 0.5) is 0 Å². The van der Waals surface area contributed by atoms with E-state index >= 15 is 0 Å². The van der Waals surface area contributed by atoms with Crippen molar-refractivity contribution in [3.8, 4) is 0 Å². The molecular formula is C16H21AsN4O. The summed E-state index contributed by atoms with van der Waals surface area (Å²) in [5.41, 5.74) is 8.94. The van der Waals surface area contributed by atoms with Crippen LogP contribution in [0.3, 0.4) is 0 Å². The van der Waals surface area contributed by atoms with E-state index in [-0.39, 0.29) is 0 Å². The van der Waals surface area contributed by atoms with Gasteiger partial charge < -0.3 is 0 Å². The number of aromatic nitrogens is 3. The Labute approximate surface area is 138 Å². The van der Waals surface area contributed by atoms with Gasteiger partial charge in [-0.3, -0.25) is 0 Å². The van der Waals surface area contributed by atoms with Crippen LogP contribution in [0.2, 0.25) is 0 Å². The molecule has 2 N–H and O–H groups in total. The number of aryl methyl sites for hydroxylation is 1. The number of pyridine rings is 1. The predicted molar refractivity (Wildman–Crippen MR) is 92.5 cm³/mol. The van der Waals surface area contributed by atoms with E-state index in [1.54, 1.807) is 7.11 Å². The van der Waals surface area contributed by atoms with Crippen molar-refractivity contribution in [2.75, 3.05) is 20.3 Å². The predicted octanol–water partition coefficient (Wildman–Crippen LogP) is 0.381. The number of nitrogens with zero attached hydrogens (tertiary/aromatic N) is 3. The molecule has 5 nitrogen and oxygen atoms in total. The Kier molecular flexibility index (Phi) is 4.77. The summed E-state index contributed by atoms with van der Waals surface area (Å²) in [7, 11) is 1.72. The average Bonchev–Trinajstić information content (AvgIpc) is 2.90. The molecule has 1 atom stereocenters. The van der Waals surface area contributed by atoms with Crippen LogP contribution >= 0.6 is 0 Å². The Morgan fingerprint density at radius 2 is 2.09 bits per heavy atom. The summed E-state index contributed by atoms with van der Waals surface area (Å²) in [4.78, 5) is 9.56. The molecule has 3 aromatic rings. The third-order valence-corrected chi connectivity index (χ3v) is 4.65. The summed E-state index contributed by atoms with van der Waals surface area (Å²) in [6.07, 6.45) is 1.74. The Balaban J connectivity index is 2.27. The Hall–Kier alpha value is -1.42. The summed E-state index contributed by atoms with van der Waals surface area (Å²) in [5, 5.41) is 1.16. The zero-order valence-electron chi connectivity index (χ0n) is 12.7. The van der Waals surface area contributed by atoms with E-state index in [2.05, 4.69) is 22.8 Å². The van der Waals surface area contributed by atoms with Crippen molar-refractivity contribution >= 4 is 43.3 Å². The Bertz CT molecular complexity index is 800. The molecule has 22 heavy (non-hydrogen) atoms. The van der Waals surface area contributed by atoms with Crippen molar-refractivity contribution in [3.05, 3.63) is 30.1 Å². The van der Waals surface area contributed by atoms with Crippen LogP contribution in [-0.4, -0.2) is 51.6 Å². The van der Waals surface area contributed by atoms with E-state index in [0.29, 0.717) is 13.2 Å². The van der Waals surface area contributed by atoms with Gasteiger partial charge >= 0.3 is 138 Å². The molecule has 2 heterocycles. The Morgan fingerprint density at radius 3 is 2.86 bits per heavy atom. The van der Waals surface area contributed by atoms with Crippen LogP contribution in [0.1, 0.15) is 12.2 Å². The van der Waals surface area contributed by atoms with E-state index in [0.717, 1.165) is 46.1 Å². The molecule has 2 aromatic heterocycles. The van der Waals surface area contributed by atoms with Gasteiger partial charge in [0, 0.05) is 0 Å². The minimum absolute atomic E-state index is 0.668. The first-order chi connectivity index (χ1) is 10.8. The number of para-hydroxylation sites is 1. The normalized spacial score (nSPS) is 11.6. The van der Waals surface area contributed by atoms with Gasteiger partial charge in [0.2, 0.25) is 0 Å². The van der Waals surface area contributed by atoms with Gasteiger partial charge in [-0.15, -0.1) is 0 Å². The summed E-state index contributed by atoms with van der Waals surface area (Å²) in [6, 6.07) is 8.27. The molecule has 0 bridgehead atoms. The quantitative estimate of drug-likeness (QED) is 0.646. The number of hydrogen-bond acceptors (Lipinski definition) is 4. The number of fused-ring (bicyclic) bond motifs is 3. The van der Waals surface area contributed by atoms with Gasteiger partial charge in [0.15, 0.2) is 0 Å². The topological polar surface area (TPSA) is 66.0 Å². The second-order valence-electron chi connectivity index (χ2n) is 5.28. The van der Waals surface area contributed by atoms with Crippen molar-refractivity contribution in [1.82, 2.24) is 14.5 Å². The molecule has 0 aliphatic carbocycles. The fraction of sp³-hybridized carbons (Fsp3) is 0.375. The molecule has 1 unspecified atom stereocenters. The molecule has 0 saturated heterocycles. The van der Waals surface area contributed by atoms with Crippen LogP contribution < -0.4 is 10.2 Å². The maximum absolute atomic E-state index is 5.71. The number of rotatable bonds is 6. The zero-order valence-corrected chi connectivity index (χ0v) is 15.2. The van der Waals surface area contributed by atoms with Crippen molar-refractivity contribution in [3.63, 3.8) is 0 Å². The third-order valence-electron chi connectivity index (χ3n) is 3.80. The summed E-state index contributed by atoms with van der Waals surface area (Å²) in [6.45, 7) is 2.23. The molecule has 0 aliphatic heterocycles. The molecule has 0 radical (unpaired) electrons. The first-order valence-electron chi connectivity index (χ1n) is 7.48. The number of hydrogen-bond donors (Lipinski definition) is 1. The number of ether oxygens (including phenoxy) is 1.